The molecule has 0 saturated carbocycles. The average Bonchev–Trinajstić information content (AvgIpc) is 2.77. The second-order valence-corrected chi connectivity index (χ2v) is 9.61. The molecule has 0 aromatic rings. The Kier molecular flexibility index (Phi) is 25.3. The van der Waals surface area contributed by atoms with Crippen molar-refractivity contribution < 1.29 is 14.3 Å². The Morgan fingerprint density at radius 3 is 1.25 bits per heavy atom. The normalized spacial score (nSPS) is 11.0. The molecule has 0 saturated heterocycles. The third kappa shape index (κ3) is 27.0. The van der Waals surface area contributed by atoms with E-state index in [1.807, 2.05) is 0 Å². The highest BCUT2D eigenvalue weighted by Crippen LogP contribution is 2.13. The van der Waals surface area contributed by atoms with Gasteiger partial charge in [-0.25, -0.2) is 0 Å². The third-order valence-electron chi connectivity index (χ3n) is 6.32. The lowest BCUT2D eigenvalue weighted by molar-refractivity contribution is -0.143. The highest BCUT2D eigenvalue weighted by molar-refractivity contribution is 5.73. The zero-order chi connectivity index (χ0) is 23.5. The largest absolute Gasteiger partial charge is 0.466 e. The molecule has 2 N–H and O–H groups in total. The molecular weight excluding hydrogens is 398 g/mol. The van der Waals surface area contributed by atoms with Crippen molar-refractivity contribution in [1.29, 1.82) is 0 Å². The Morgan fingerprint density at radius 1 is 0.500 bits per heavy atom. The molecule has 0 radical (unpaired) electrons. The highest BCUT2D eigenvalue weighted by atomic mass is 16.5. The van der Waals surface area contributed by atoms with Crippen molar-refractivity contribution in [3.8, 4) is 0 Å². The van der Waals surface area contributed by atoms with Crippen molar-refractivity contribution in [2.75, 3.05) is 6.61 Å². The first kappa shape index (κ1) is 30.9. The number of nitrogens with two attached hydrogens (primary N) is 1. The number of amides is 1. The van der Waals surface area contributed by atoms with E-state index in [2.05, 4.69) is 6.92 Å². The summed E-state index contributed by atoms with van der Waals surface area (Å²) in [6.07, 6.45) is 28.7. The molecule has 0 aliphatic heterocycles. The van der Waals surface area contributed by atoms with Crippen LogP contribution in [0.1, 0.15) is 161 Å². The van der Waals surface area contributed by atoms with E-state index in [0.717, 1.165) is 32.1 Å². The van der Waals surface area contributed by atoms with Gasteiger partial charge in [-0.05, 0) is 19.3 Å². The van der Waals surface area contributed by atoms with Crippen LogP contribution in [0, 0.1) is 0 Å². The van der Waals surface area contributed by atoms with Gasteiger partial charge in [0, 0.05) is 12.8 Å². The van der Waals surface area contributed by atoms with E-state index in [4.69, 9.17) is 10.5 Å². The molecule has 0 spiro atoms. The molecule has 0 aromatic carbocycles. The zero-order valence-corrected chi connectivity index (χ0v) is 21.5. The van der Waals surface area contributed by atoms with Crippen molar-refractivity contribution in [1.82, 2.24) is 0 Å². The number of hydrogen-bond acceptors (Lipinski definition) is 3. The molecule has 0 aliphatic rings. The van der Waals surface area contributed by atoms with Crippen LogP contribution < -0.4 is 5.73 Å². The number of unbranched alkanes of at least 4 members (excludes halogenated alkanes) is 20. The van der Waals surface area contributed by atoms with Crippen molar-refractivity contribution in [3.05, 3.63) is 0 Å². The molecule has 0 unspecified atom stereocenters. The second-order valence-electron chi connectivity index (χ2n) is 9.61. The second kappa shape index (κ2) is 26.2. The fourth-order valence-corrected chi connectivity index (χ4v) is 4.18. The van der Waals surface area contributed by atoms with Crippen LogP contribution in [0.25, 0.3) is 0 Å². The molecule has 4 nitrogen and oxygen atoms in total. The van der Waals surface area contributed by atoms with Crippen molar-refractivity contribution >= 4 is 11.9 Å². The van der Waals surface area contributed by atoms with Gasteiger partial charge in [0.25, 0.3) is 0 Å². The third-order valence-corrected chi connectivity index (χ3v) is 6.32. The standard InChI is InChI=1S/C28H55NO3/c1-2-3-4-5-6-7-9-13-16-19-22-25-28(31)32-26-23-20-17-14-11-8-10-12-15-18-21-24-27(29)30/h2-26H2,1H3,(H2,29,30). The van der Waals surface area contributed by atoms with Crippen LogP contribution in [0.15, 0.2) is 0 Å². The monoisotopic (exact) mass is 453 g/mol. The summed E-state index contributed by atoms with van der Waals surface area (Å²) in [7, 11) is 0. The summed E-state index contributed by atoms with van der Waals surface area (Å²) in [6.45, 7) is 2.86. The molecule has 0 heterocycles. The Morgan fingerprint density at radius 2 is 0.844 bits per heavy atom. The van der Waals surface area contributed by atoms with Gasteiger partial charge in [0.15, 0.2) is 0 Å². The highest BCUT2D eigenvalue weighted by Gasteiger charge is 2.02. The Balaban J connectivity index is 3.15. The number of esters is 1. The molecule has 0 aliphatic carbocycles. The van der Waals surface area contributed by atoms with E-state index >= 15 is 0 Å². The van der Waals surface area contributed by atoms with Gasteiger partial charge in [-0.2, -0.15) is 0 Å². The molecule has 0 bridgehead atoms. The van der Waals surface area contributed by atoms with Gasteiger partial charge in [-0.15, -0.1) is 0 Å². The molecule has 32 heavy (non-hydrogen) atoms. The molecule has 0 fully saturated rings. The van der Waals surface area contributed by atoms with E-state index in [1.54, 1.807) is 0 Å². The number of ether oxygens (including phenoxy) is 1. The predicted molar refractivity (Wildman–Crippen MR) is 137 cm³/mol. The number of primary amides is 1. The van der Waals surface area contributed by atoms with Gasteiger partial charge >= 0.3 is 5.97 Å². The first-order valence-corrected chi connectivity index (χ1v) is 14.1. The lowest BCUT2D eigenvalue weighted by Crippen LogP contribution is -2.09. The van der Waals surface area contributed by atoms with Gasteiger partial charge < -0.3 is 10.5 Å². The van der Waals surface area contributed by atoms with Crippen LogP contribution in [-0.2, 0) is 14.3 Å². The number of carbonyl (C=O) groups is 2. The molecule has 190 valence electrons. The summed E-state index contributed by atoms with van der Waals surface area (Å²) in [5.41, 5.74) is 5.14. The topological polar surface area (TPSA) is 69.4 Å². The Bertz CT molecular complexity index is 411. The minimum Gasteiger partial charge on any atom is -0.466 e. The van der Waals surface area contributed by atoms with Gasteiger partial charge in [0.1, 0.15) is 0 Å². The molecular formula is C28H55NO3. The minimum absolute atomic E-state index is 0.00301. The average molecular weight is 454 g/mol. The summed E-state index contributed by atoms with van der Waals surface area (Å²) < 4.78 is 5.37. The number of rotatable bonds is 26. The summed E-state index contributed by atoms with van der Waals surface area (Å²) in [5, 5.41) is 0. The smallest absolute Gasteiger partial charge is 0.305 e. The van der Waals surface area contributed by atoms with Gasteiger partial charge in [0.05, 0.1) is 6.61 Å². The first-order chi connectivity index (χ1) is 15.7. The van der Waals surface area contributed by atoms with Crippen molar-refractivity contribution in [2.45, 2.75) is 161 Å². The summed E-state index contributed by atoms with van der Waals surface area (Å²) in [6, 6.07) is 0. The quantitative estimate of drug-likeness (QED) is 0.106. The molecule has 0 rings (SSSR count). The maximum Gasteiger partial charge on any atom is 0.305 e. The maximum absolute atomic E-state index is 11.8. The van der Waals surface area contributed by atoms with Crippen LogP contribution in [0.4, 0.5) is 0 Å². The van der Waals surface area contributed by atoms with Crippen LogP contribution >= 0.6 is 0 Å². The van der Waals surface area contributed by atoms with Crippen LogP contribution in [0.2, 0.25) is 0 Å². The minimum atomic E-state index is -0.177. The van der Waals surface area contributed by atoms with Crippen molar-refractivity contribution in [2.24, 2.45) is 5.73 Å². The van der Waals surface area contributed by atoms with Crippen LogP contribution in [0.5, 0.6) is 0 Å². The summed E-state index contributed by atoms with van der Waals surface area (Å²) >= 11 is 0. The van der Waals surface area contributed by atoms with E-state index in [1.165, 1.54) is 109 Å². The lowest BCUT2D eigenvalue weighted by atomic mass is 10.1. The van der Waals surface area contributed by atoms with Crippen molar-refractivity contribution in [3.63, 3.8) is 0 Å². The molecule has 4 heteroatoms. The van der Waals surface area contributed by atoms with Gasteiger partial charge in [0.2, 0.25) is 5.91 Å². The number of hydrogen-bond donors (Lipinski definition) is 1. The van der Waals surface area contributed by atoms with E-state index < -0.39 is 0 Å². The predicted octanol–water partition coefficient (Wildman–Crippen LogP) is 8.40. The fourth-order valence-electron chi connectivity index (χ4n) is 4.18. The summed E-state index contributed by atoms with van der Waals surface area (Å²) in [4.78, 5) is 22.4. The summed E-state index contributed by atoms with van der Waals surface area (Å²) in [5.74, 6) is -0.180. The van der Waals surface area contributed by atoms with E-state index in [0.29, 0.717) is 19.4 Å². The van der Waals surface area contributed by atoms with Crippen LogP contribution in [-0.4, -0.2) is 18.5 Å². The fraction of sp³-hybridized carbons (Fsp3) is 0.929. The Labute approximate surface area is 199 Å². The lowest BCUT2D eigenvalue weighted by Gasteiger charge is -2.06. The van der Waals surface area contributed by atoms with Gasteiger partial charge in [-0.1, -0.05) is 129 Å². The SMILES string of the molecule is CCCCCCCCCCCCCC(=O)OCCCCCCCCCCCCCC(N)=O. The van der Waals surface area contributed by atoms with Crippen LogP contribution in [0.3, 0.4) is 0 Å². The zero-order valence-electron chi connectivity index (χ0n) is 21.5. The Hall–Kier alpha value is -1.06. The molecule has 0 aromatic heterocycles. The molecule has 0 atom stereocenters. The van der Waals surface area contributed by atoms with E-state index in [-0.39, 0.29) is 11.9 Å². The van der Waals surface area contributed by atoms with E-state index in [9.17, 15) is 9.59 Å². The maximum atomic E-state index is 11.8. The number of carbonyl (C=O) groups excluding carboxylic acids is 2. The molecule has 1 amide bonds. The van der Waals surface area contributed by atoms with Gasteiger partial charge in [-0.3, -0.25) is 9.59 Å². The first-order valence-electron chi connectivity index (χ1n) is 14.1.